The first-order chi connectivity index (χ1) is 14.9. The Kier molecular flexibility index (Phi) is 10.7. The Labute approximate surface area is 185 Å². The van der Waals surface area contributed by atoms with Crippen molar-refractivity contribution < 1.29 is 29.3 Å². The van der Waals surface area contributed by atoms with E-state index in [-0.39, 0.29) is 18.3 Å². The number of hydrogen-bond acceptors (Lipinski definition) is 5. The lowest BCUT2D eigenvalue weighted by Crippen LogP contribution is -2.14. The number of rotatable bonds is 14. The van der Waals surface area contributed by atoms with Gasteiger partial charge in [0.15, 0.2) is 0 Å². The van der Waals surface area contributed by atoms with Gasteiger partial charge in [-0.25, -0.2) is 0 Å². The van der Waals surface area contributed by atoms with Crippen LogP contribution in [-0.4, -0.2) is 42.3 Å². The number of carbonyl (C=O) groups excluding carboxylic acids is 1. The highest BCUT2D eigenvalue weighted by Crippen LogP contribution is 2.34. The SMILES string of the molecule is COCc1cc(CC(O)/C=C/C2CCC(=O)[C@@H]2CCCCCCC(=O)O)cc(OC)c1. The number of carboxylic acids is 1. The van der Waals surface area contributed by atoms with Gasteiger partial charge in [0, 0.05) is 32.3 Å². The molecule has 2 unspecified atom stereocenters. The van der Waals surface area contributed by atoms with E-state index in [4.69, 9.17) is 14.6 Å². The van der Waals surface area contributed by atoms with Crippen LogP contribution in [0.1, 0.15) is 62.5 Å². The number of benzene rings is 1. The average molecular weight is 433 g/mol. The second-order valence-electron chi connectivity index (χ2n) is 8.40. The molecule has 0 bridgehead atoms. The second kappa shape index (κ2) is 13.3. The number of aliphatic carboxylic acids is 1. The van der Waals surface area contributed by atoms with Crippen molar-refractivity contribution in [3.8, 4) is 5.75 Å². The summed E-state index contributed by atoms with van der Waals surface area (Å²) in [7, 11) is 3.27. The van der Waals surface area contributed by atoms with Crippen molar-refractivity contribution in [2.24, 2.45) is 11.8 Å². The molecule has 1 aliphatic rings. The molecule has 0 spiro atoms. The zero-order chi connectivity index (χ0) is 22.6. The third-order valence-electron chi connectivity index (χ3n) is 5.91. The standard InChI is InChI=1S/C25H36O6/c1-30-17-19-13-18(15-22(16-19)31-2)14-21(26)11-9-20-10-12-24(27)23(20)7-5-3-4-6-8-25(28)29/h9,11,13,15-16,20-21,23,26H,3-8,10,12,14,17H2,1-2H3,(H,28,29)/b11-9+/t20?,21?,23-/m1/s1. The fourth-order valence-electron chi connectivity index (χ4n) is 4.33. The molecular formula is C25H36O6. The first-order valence-corrected chi connectivity index (χ1v) is 11.2. The highest BCUT2D eigenvalue weighted by Gasteiger charge is 2.32. The molecule has 0 amide bonds. The van der Waals surface area contributed by atoms with Crippen molar-refractivity contribution >= 4 is 11.8 Å². The lowest BCUT2D eigenvalue weighted by molar-refractivity contribution is -0.137. The Morgan fingerprint density at radius 1 is 1.16 bits per heavy atom. The van der Waals surface area contributed by atoms with Crippen molar-refractivity contribution in [1.29, 1.82) is 0 Å². The number of aliphatic hydroxyl groups is 1. The highest BCUT2D eigenvalue weighted by molar-refractivity contribution is 5.83. The van der Waals surface area contributed by atoms with Crippen LogP contribution in [0.25, 0.3) is 0 Å². The van der Waals surface area contributed by atoms with Crippen LogP contribution >= 0.6 is 0 Å². The van der Waals surface area contributed by atoms with E-state index in [2.05, 4.69) is 0 Å². The third-order valence-corrected chi connectivity index (χ3v) is 5.91. The number of carbonyl (C=O) groups is 2. The number of Topliss-reactive ketones (excluding diaryl/α,β-unsaturated/α-hetero) is 1. The van der Waals surface area contributed by atoms with E-state index in [1.54, 1.807) is 14.2 Å². The minimum atomic E-state index is -0.751. The maximum absolute atomic E-state index is 12.3. The van der Waals surface area contributed by atoms with Crippen molar-refractivity contribution in [2.45, 2.75) is 70.5 Å². The molecule has 1 saturated carbocycles. The van der Waals surface area contributed by atoms with E-state index in [1.807, 2.05) is 30.4 Å². The van der Waals surface area contributed by atoms with Gasteiger partial charge < -0.3 is 19.7 Å². The maximum Gasteiger partial charge on any atom is 0.303 e. The summed E-state index contributed by atoms with van der Waals surface area (Å²) in [6.07, 6.45) is 9.64. The summed E-state index contributed by atoms with van der Waals surface area (Å²) in [6.45, 7) is 0.484. The fraction of sp³-hybridized carbons (Fsp3) is 0.600. The molecule has 0 radical (unpaired) electrons. The summed E-state index contributed by atoms with van der Waals surface area (Å²) < 4.78 is 10.5. The highest BCUT2D eigenvalue weighted by atomic mass is 16.5. The van der Waals surface area contributed by atoms with Crippen molar-refractivity contribution in [3.05, 3.63) is 41.5 Å². The predicted molar refractivity (Wildman–Crippen MR) is 119 cm³/mol. The summed E-state index contributed by atoms with van der Waals surface area (Å²) >= 11 is 0. The van der Waals surface area contributed by atoms with Crippen LogP contribution < -0.4 is 4.74 Å². The minimum Gasteiger partial charge on any atom is -0.497 e. The lowest BCUT2D eigenvalue weighted by Gasteiger charge is -2.16. The number of hydrogen-bond donors (Lipinski definition) is 2. The van der Waals surface area contributed by atoms with E-state index in [0.29, 0.717) is 31.7 Å². The van der Waals surface area contributed by atoms with E-state index < -0.39 is 12.1 Å². The molecule has 6 heteroatoms. The molecule has 1 aromatic rings. The molecule has 1 fully saturated rings. The topological polar surface area (TPSA) is 93.1 Å². The second-order valence-corrected chi connectivity index (χ2v) is 8.40. The summed E-state index contributed by atoms with van der Waals surface area (Å²) in [5.74, 6) is 0.499. The van der Waals surface area contributed by atoms with Gasteiger partial charge in [0.05, 0.1) is 19.8 Å². The van der Waals surface area contributed by atoms with Gasteiger partial charge in [-0.05, 0) is 48.4 Å². The molecule has 2 N–H and O–H groups in total. The molecule has 3 atom stereocenters. The van der Waals surface area contributed by atoms with E-state index in [1.165, 1.54) is 0 Å². The Bertz CT molecular complexity index is 742. The van der Waals surface area contributed by atoms with Crippen molar-refractivity contribution in [3.63, 3.8) is 0 Å². The van der Waals surface area contributed by atoms with Crippen molar-refractivity contribution in [2.75, 3.05) is 14.2 Å². The Hall–Kier alpha value is -2.18. The van der Waals surface area contributed by atoms with Gasteiger partial charge >= 0.3 is 5.97 Å². The van der Waals surface area contributed by atoms with E-state index in [9.17, 15) is 14.7 Å². The van der Waals surface area contributed by atoms with E-state index >= 15 is 0 Å². The monoisotopic (exact) mass is 432 g/mol. The molecular weight excluding hydrogens is 396 g/mol. The molecule has 1 aliphatic carbocycles. The Morgan fingerprint density at radius 2 is 1.90 bits per heavy atom. The molecule has 172 valence electrons. The largest absolute Gasteiger partial charge is 0.497 e. The van der Waals surface area contributed by atoms with Gasteiger partial charge in [-0.2, -0.15) is 0 Å². The third kappa shape index (κ3) is 8.83. The average Bonchev–Trinajstić information content (AvgIpc) is 3.08. The molecule has 6 nitrogen and oxygen atoms in total. The molecule has 1 aromatic carbocycles. The molecule has 0 heterocycles. The van der Waals surface area contributed by atoms with Gasteiger partial charge in [0.25, 0.3) is 0 Å². The van der Waals surface area contributed by atoms with Gasteiger partial charge in [-0.15, -0.1) is 0 Å². The van der Waals surface area contributed by atoms with Crippen LogP contribution in [0.4, 0.5) is 0 Å². The first kappa shape index (κ1) is 25.1. The first-order valence-electron chi connectivity index (χ1n) is 11.2. The predicted octanol–water partition coefficient (Wildman–Crippen LogP) is 4.32. The maximum atomic E-state index is 12.3. The number of methoxy groups -OCH3 is 2. The number of ether oxygens (including phenoxy) is 2. The van der Waals surface area contributed by atoms with Crippen LogP contribution in [0.3, 0.4) is 0 Å². The Morgan fingerprint density at radius 3 is 2.61 bits per heavy atom. The molecule has 0 aromatic heterocycles. The summed E-state index contributed by atoms with van der Waals surface area (Å²) in [6, 6.07) is 5.85. The molecule has 2 rings (SSSR count). The summed E-state index contributed by atoms with van der Waals surface area (Å²) in [5.41, 5.74) is 1.97. The fourth-order valence-corrected chi connectivity index (χ4v) is 4.33. The van der Waals surface area contributed by atoms with Crippen LogP contribution in [0, 0.1) is 11.8 Å². The number of allylic oxidation sites excluding steroid dienone is 1. The van der Waals surface area contributed by atoms with Gasteiger partial charge in [-0.3, -0.25) is 9.59 Å². The van der Waals surface area contributed by atoms with Crippen molar-refractivity contribution in [1.82, 2.24) is 0 Å². The van der Waals surface area contributed by atoms with Crippen LogP contribution in [0.5, 0.6) is 5.75 Å². The number of carboxylic acid groups (broad SMARTS) is 1. The summed E-state index contributed by atoms with van der Waals surface area (Å²) in [5, 5.41) is 19.2. The van der Waals surface area contributed by atoms with Gasteiger partial charge in [0.2, 0.25) is 0 Å². The number of ketones is 1. The molecule has 31 heavy (non-hydrogen) atoms. The van der Waals surface area contributed by atoms with E-state index in [0.717, 1.165) is 49.0 Å². The minimum absolute atomic E-state index is 0.0213. The quantitative estimate of drug-likeness (QED) is 0.336. The van der Waals surface area contributed by atoms with Crippen LogP contribution in [0.2, 0.25) is 0 Å². The van der Waals surface area contributed by atoms with Gasteiger partial charge in [0.1, 0.15) is 11.5 Å². The van der Waals surface area contributed by atoms with Crippen LogP contribution in [-0.2, 0) is 27.4 Å². The molecule has 0 saturated heterocycles. The summed E-state index contributed by atoms with van der Waals surface area (Å²) in [4.78, 5) is 22.9. The van der Waals surface area contributed by atoms with Gasteiger partial charge in [-0.1, -0.05) is 37.5 Å². The number of aliphatic hydroxyl groups excluding tert-OH is 1. The van der Waals surface area contributed by atoms with Crippen LogP contribution in [0.15, 0.2) is 30.4 Å². The molecule has 0 aliphatic heterocycles. The Balaban J connectivity index is 1.85. The zero-order valence-electron chi connectivity index (χ0n) is 18.7. The smallest absolute Gasteiger partial charge is 0.303 e. The number of unbranched alkanes of at least 4 members (excludes halogenated alkanes) is 3. The normalized spacial score (nSPS) is 19.8. The lowest BCUT2D eigenvalue weighted by atomic mass is 9.89. The zero-order valence-corrected chi connectivity index (χ0v) is 18.7.